The monoisotopic (exact) mass is 490 g/mol. The standard InChI is InChI=1S/C30H35ClN2O2/c1-21-14-15-24(16-22(21)2)19-28(34)33(20-25-12-9-13-26(31)17-25)27(29(35)32-30(3,4)5)18-23-10-7-6-8-11-23/h6-17,27H,18-20H2,1-5H3,(H,32,35)/t27-/m0/s1. The molecule has 35 heavy (non-hydrogen) atoms. The summed E-state index contributed by atoms with van der Waals surface area (Å²) in [4.78, 5) is 29.1. The average molecular weight is 491 g/mol. The third kappa shape index (κ3) is 7.97. The Labute approximate surface area is 214 Å². The minimum absolute atomic E-state index is 0.0989. The number of halogens is 1. The quantitative estimate of drug-likeness (QED) is 0.417. The third-order valence-electron chi connectivity index (χ3n) is 5.94. The largest absolute Gasteiger partial charge is 0.350 e. The van der Waals surface area contributed by atoms with Crippen LogP contribution in [0.4, 0.5) is 0 Å². The van der Waals surface area contributed by atoms with Gasteiger partial charge >= 0.3 is 0 Å². The van der Waals surface area contributed by atoms with Crippen LogP contribution in [-0.4, -0.2) is 28.3 Å². The third-order valence-corrected chi connectivity index (χ3v) is 6.17. The van der Waals surface area contributed by atoms with Gasteiger partial charge in [-0.25, -0.2) is 0 Å². The second kappa shape index (κ2) is 11.5. The Hall–Kier alpha value is -3.11. The van der Waals surface area contributed by atoms with Gasteiger partial charge in [0.05, 0.1) is 6.42 Å². The molecule has 2 amide bonds. The lowest BCUT2D eigenvalue weighted by Crippen LogP contribution is -2.54. The molecule has 0 saturated heterocycles. The molecule has 3 aromatic carbocycles. The maximum atomic E-state index is 13.8. The molecule has 1 N–H and O–H groups in total. The predicted octanol–water partition coefficient (Wildman–Crippen LogP) is 6.05. The fourth-order valence-corrected chi connectivity index (χ4v) is 4.24. The van der Waals surface area contributed by atoms with Gasteiger partial charge in [-0.3, -0.25) is 9.59 Å². The average Bonchev–Trinajstić information content (AvgIpc) is 2.78. The molecule has 0 aliphatic rings. The van der Waals surface area contributed by atoms with E-state index in [1.165, 1.54) is 5.56 Å². The van der Waals surface area contributed by atoms with Crippen molar-refractivity contribution in [2.75, 3.05) is 0 Å². The highest BCUT2D eigenvalue weighted by atomic mass is 35.5. The highest BCUT2D eigenvalue weighted by molar-refractivity contribution is 6.30. The van der Waals surface area contributed by atoms with Crippen LogP contribution in [-0.2, 0) is 29.0 Å². The molecule has 184 valence electrons. The van der Waals surface area contributed by atoms with Gasteiger partial charge in [-0.15, -0.1) is 0 Å². The molecule has 0 heterocycles. The van der Waals surface area contributed by atoms with Crippen molar-refractivity contribution in [3.8, 4) is 0 Å². The van der Waals surface area contributed by atoms with E-state index in [9.17, 15) is 9.59 Å². The predicted molar refractivity (Wildman–Crippen MR) is 143 cm³/mol. The lowest BCUT2D eigenvalue weighted by Gasteiger charge is -2.34. The summed E-state index contributed by atoms with van der Waals surface area (Å²) < 4.78 is 0. The van der Waals surface area contributed by atoms with Crippen molar-refractivity contribution in [1.29, 1.82) is 0 Å². The topological polar surface area (TPSA) is 49.4 Å². The van der Waals surface area contributed by atoms with E-state index < -0.39 is 11.6 Å². The van der Waals surface area contributed by atoms with Gasteiger partial charge in [-0.1, -0.05) is 72.3 Å². The van der Waals surface area contributed by atoms with Gasteiger partial charge < -0.3 is 10.2 Å². The van der Waals surface area contributed by atoms with Crippen molar-refractivity contribution in [1.82, 2.24) is 10.2 Å². The SMILES string of the molecule is Cc1ccc(CC(=O)N(Cc2cccc(Cl)c2)[C@@H](Cc2ccccc2)C(=O)NC(C)(C)C)cc1C. The van der Waals surface area contributed by atoms with E-state index >= 15 is 0 Å². The highest BCUT2D eigenvalue weighted by Gasteiger charge is 2.32. The molecule has 0 aliphatic heterocycles. The Kier molecular flexibility index (Phi) is 8.74. The molecule has 0 radical (unpaired) electrons. The molecule has 0 spiro atoms. The second-order valence-electron chi connectivity index (χ2n) is 10.2. The van der Waals surface area contributed by atoms with Crippen molar-refractivity contribution >= 4 is 23.4 Å². The molecule has 0 aromatic heterocycles. The number of carbonyl (C=O) groups is 2. The molecular formula is C30H35ClN2O2. The van der Waals surface area contributed by atoms with E-state index in [0.717, 1.165) is 22.3 Å². The smallest absolute Gasteiger partial charge is 0.243 e. The molecule has 0 bridgehead atoms. The first kappa shape index (κ1) is 26.5. The first-order valence-electron chi connectivity index (χ1n) is 12.0. The summed E-state index contributed by atoms with van der Waals surface area (Å²) in [6, 6.07) is 22.7. The van der Waals surface area contributed by atoms with Crippen LogP contribution in [0.25, 0.3) is 0 Å². The Morgan fingerprint density at radius 3 is 2.17 bits per heavy atom. The van der Waals surface area contributed by atoms with Crippen LogP contribution in [0.15, 0.2) is 72.8 Å². The van der Waals surface area contributed by atoms with Crippen LogP contribution in [0, 0.1) is 13.8 Å². The van der Waals surface area contributed by atoms with Crippen LogP contribution in [0.5, 0.6) is 0 Å². The number of nitrogens with one attached hydrogen (secondary N) is 1. The summed E-state index contributed by atoms with van der Waals surface area (Å²) in [6.07, 6.45) is 0.637. The van der Waals surface area contributed by atoms with Crippen LogP contribution >= 0.6 is 11.6 Å². The first-order valence-corrected chi connectivity index (χ1v) is 12.4. The first-order chi connectivity index (χ1) is 16.5. The van der Waals surface area contributed by atoms with Crippen molar-refractivity contribution < 1.29 is 9.59 Å². The van der Waals surface area contributed by atoms with E-state index in [0.29, 0.717) is 18.0 Å². The van der Waals surface area contributed by atoms with E-state index in [4.69, 9.17) is 11.6 Å². The van der Waals surface area contributed by atoms with Crippen LogP contribution in [0.3, 0.4) is 0 Å². The van der Waals surface area contributed by atoms with E-state index in [1.807, 2.05) is 94.4 Å². The zero-order valence-corrected chi connectivity index (χ0v) is 22.0. The minimum Gasteiger partial charge on any atom is -0.350 e. The summed E-state index contributed by atoms with van der Waals surface area (Å²) in [5.41, 5.74) is 4.71. The Morgan fingerprint density at radius 1 is 0.857 bits per heavy atom. The summed E-state index contributed by atoms with van der Waals surface area (Å²) in [7, 11) is 0. The molecule has 0 fully saturated rings. The molecule has 1 atom stereocenters. The van der Waals surface area contributed by atoms with Gasteiger partial charge in [0.15, 0.2) is 0 Å². The summed E-state index contributed by atoms with van der Waals surface area (Å²) in [6.45, 7) is 10.2. The fraction of sp³-hybridized carbons (Fsp3) is 0.333. The number of hydrogen-bond acceptors (Lipinski definition) is 2. The number of hydrogen-bond donors (Lipinski definition) is 1. The lowest BCUT2D eigenvalue weighted by atomic mass is 9.99. The van der Waals surface area contributed by atoms with Gasteiger partial charge in [-0.2, -0.15) is 0 Å². The normalized spacial score (nSPS) is 12.2. The number of amides is 2. The van der Waals surface area contributed by atoms with Gasteiger partial charge in [0.2, 0.25) is 11.8 Å². The van der Waals surface area contributed by atoms with Gasteiger partial charge in [0.1, 0.15) is 6.04 Å². The maximum absolute atomic E-state index is 13.8. The number of aryl methyl sites for hydroxylation is 2. The zero-order valence-electron chi connectivity index (χ0n) is 21.3. The van der Waals surface area contributed by atoms with E-state index in [-0.39, 0.29) is 18.2 Å². The molecule has 0 unspecified atom stereocenters. The molecular weight excluding hydrogens is 456 g/mol. The lowest BCUT2D eigenvalue weighted by molar-refractivity contribution is -0.141. The number of nitrogens with zero attached hydrogens (tertiary/aromatic N) is 1. The van der Waals surface area contributed by atoms with E-state index in [1.54, 1.807) is 11.0 Å². The zero-order chi connectivity index (χ0) is 25.6. The van der Waals surface area contributed by atoms with Gasteiger partial charge in [-0.05, 0) is 74.6 Å². The minimum atomic E-state index is -0.672. The number of rotatable bonds is 8. The van der Waals surface area contributed by atoms with Crippen molar-refractivity contribution in [3.05, 3.63) is 106 Å². The molecule has 0 aliphatic carbocycles. The van der Waals surface area contributed by atoms with Gasteiger partial charge in [0, 0.05) is 23.5 Å². The molecule has 4 nitrogen and oxygen atoms in total. The summed E-state index contributed by atoms with van der Waals surface area (Å²) in [5, 5.41) is 3.69. The van der Waals surface area contributed by atoms with Crippen molar-refractivity contribution in [2.45, 2.75) is 65.6 Å². The Morgan fingerprint density at radius 2 is 1.54 bits per heavy atom. The Balaban J connectivity index is 2.00. The maximum Gasteiger partial charge on any atom is 0.243 e. The van der Waals surface area contributed by atoms with Crippen LogP contribution in [0.1, 0.15) is 48.6 Å². The summed E-state index contributed by atoms with van der Waals surface area (Å²) in [5.74, 6) is -0.268. The molecule has 3 rings (SSSR count). The molecule has 3 aromatic rings. The second-order valence-corrected chi connectivity index (χ2v) is 10.6. The van der Waals surface area contributed by atoms with Crippen LogP contribution in [0.2, 0.25) is 5.02 Å². The van der Waals surface area contributed by atoms with Crippen molar-refractivity contribution in [2.24, 2.45) is 0 Å². The van der Waals surface area contributed by atoms with Gasteiger partial charge in [0.25, 0.3) is 0 Å². The Bertz CT molecular complexity index is 1170. The fourth-order valence-electron chi connectivity index (χ4n) is 4.03. The number of benzene rings is 3. The van der Waals surface area contributed by atoms with Crippen molar-refractivity contribution in [3.63, 3.8) is 0 Å². The van der Waals surface area contributed by atoms with Crippen LogP contribution < -0.4 is 5.32 Å². The summed E-state index contributed by atoms with van der Waals surface area (Å²) >= 11 is 6.25. The number of carbonyl (C=O) groups excluding carboxylic acids is 2. The molecule has 0 saturated carbocycles. The molecule has 5 heteroatoms. The van der Waals surface area contributed by atoms with E-state index in [2.05, 4.69) is 12.2 Å². The highest BCUT2D eigenvalue weighted by Crippen LogP contribution is 2.20.